The normalized spacial score (nSPS) is 12.2. The molecule has 2 rings (SSSR count). The summed E-state index contributed by atoms with van der Waals surface area (Å²) in [7, 11) is -3.80. The molecule has 0 aromatic heterocycles. The van der Waals surface area contributed by atoms with Gasteiger partial charge in [0.05, 0.1) is 11.9 Å². The zero-order valence-corrected chi connectivity index (χ0v) is 21.3. The lowest BCUT2D eigenvalue weighted by Gasteiger charge is -2.33. The second-order valence-corrected chi connectivity index (χ2v) is 10.3. The first kappa shape index (κ1) is 26.7. The Morgan fingerprint density at radius 3 is 2.30 bits per heavy atom. The largest absolute Gasteiger partial charge is 0.355 e. The van der Waals surface area contributed by atoms with Crippen molar-refractivity contribution in [2.75, 3.05) is 23.7 Å². The van der Waals surface area contributed by atoms with Gasteiger partial charge in [-0.1, -0.05) is 48.9 Å². The Hall–Kier alpha value is -2.58. The quantitative estimate of drug-likeness (QED) is 0.547. The number of amides is 2. The fourth-order valence-electron chi connectivity index (χ4n) is 3.63. The summed E-state index contributed by atoms with van der Waals surface area (Å²) in [6, 6.07) is 11.8. The standard InChI is InChI=1S/C24H32ClN3O4S/c1-6-21(24(30)26-7-2)27(15-19-11-9-8-10-17(19)3)23(29)16-28(33(5,31)32)22-14-20(25)13-12-18(22)4/h8-14,21H,6-7,15-16H2,1-5H3,(H,26,30)/t21-/m0/s1. The van der Waals surface area contributed by atoms with Crippen LogP contribution in [0.1, 0.15) is 37.0 Å². The molecule has 1 atom stereocenters. The van der Waals surface area contributed by atoms with E-state index in [1.54, 1.807) is 19.1 Å². The Morgan fingerprint density at radius 2 is 1.73 bits per heavy atom. The molecule has 33 heavy (non-hydrogen) atoms. The molecule has 1 N–H and O–H groups in total. The number of benzene rings is 2. The summed E-state index contributed by atoms with van der Waals surface area (Å²) in [5.74, 6) is -0.743. The van der Waals surface area contributed by atoms with Crippen LogP contribution in [0.5, 0.6) is 0 Å². The van der Waals surface area contributed by atoms with E-state index in [1.165, 1.54) is 11.0 Å². The van der Waals surface area contributed by atoms with Crippen LogP contribution in [-0.2, 0) is 26.2 Å². The first-order valence-electron chi connectivity index (χ1n) is 10.8. The number of nitrogens with zero attached hydrogens (tertiary/aromatic N) is 2. The van der Waals surface area contributed by atoms with Crippen LogP contribution in [-0.4, -0.2) is 50.5 Å². The topological polar surface area (TPSA) is 86.8 Å². The summed E-state index contributed by atoms with van der Waals surface area (Å²) >= 11 is 6.11. The van der Waals surface area contributed by atoms with E-state index in [9.17, 15) is 18.0 Å². The molecule has 180 valence electrons. The molecule has 0 aliphatic heterocycles. The van der Waals surface area contributed by atoms with Crippen LogP contribution in [0.25, 0.3) is 0 Å². The average molecular weight is 494 g/mol. The van der Waals surface area contributed by atoms with Crippen molar-refractivity contribution in [3.63, 3.8) is 0 Å². The number of hydrogen-bond donors (Lipinski definition) is 1. The minimum Gasteiger partial charge on any atom is -0.355 e. The molecular formula is C24H32ClN3O4S. The van der Waals surface area contributed by atoms with E-state index in [-0.39, 0.29) is 12.5 Å². The van der Waals surface area contributed by atoms with E-state index in [0.717, 1.165) is 21.7 Å². The molecule has 0 saturated carbocycles. The van der Waals surface area contributed by atoms with Gasteiger partial charge < -0.3 is 10.2 Å². The third-order valence-electron chi connectivity index (χ3n) is 5.46. The lowest BCUT2D eigenvalue weighted by Crippen LogP contribution is -2.52. The molecule has 2 aromatic rings. The Kier molecular flexibility index (Phi) is 9.31. The molecule has 0 bridgehead atoms. The van der Waals surface area contributed by atoms with Crippen LogP contribution in [0.4, 0.5) is 5.69 Å². The maximum absolute atomic E-state index is 13.6. The van der Waals surface area contributed by atoms with Gasteiger partial charge in [-0.2, -0.15) is 0 Å². The third kappa shape index (κ3) is 6.95. The van der Waals surface area contributed by atoms with E-state index < -0.39 is 28.5 Å². The molecule has 0 saturated heterocycles. The summed E-state index contributed by atoms with van der Waals surface area (Å²) in [5, 5.41) is 3.15. The highest BCUT2D eigenvalue weighted by Crippen LogP contribution is 2.27. The number of nitrogens with one attached hydrogen (secondary N) is 1. The number of hydrogen-bond acceptors (Lipinski definition) is 4. The second kappa shape index (κ2) is 11.5. The number of aryl methyl sites for hydroxylation is 2. The molecule has 0 aliphatic carbocycles. The monoisotopic (exact) mass is 493 g/mol. The molecule has 7 nitrogen and oxygen atoms in total. The Balaban J connectivity index is 2.49. The van der Waals surface area contributed by atoms with Crippen molar-refractivity contribution < 1.29 is 18.0 Å². The zero-order chi connectivity index (χ0) is 24.8. The smallest absolute Gasteiger partial charge is 0.244 e. The molecule has 0 aliphatic rings. The number of likely N-dealkylation sites (N-methyl/N-ethyl adjacent to an activating group) is 1. The lowest BCUT2D eigenvalue weighted by molar-refractivity contribution is -0.140. The minimum atomic E-state index is -3.80. The van der Waals surface area contributed by atoms with Gasteiger partial charge >= 0.3 is 0 Å². The highest BCUT2D eigenvalue weighted by atomic mass is 35.5. The summed E-state index contributed by atoms with van der Waals surface area (Å²) in [6.07, 6.45) is 1.44. The number of carbonyl (C=O) groups excluding carboxylic acids is 2. The maximum Gasteiger partial charge on any atom is 0.244 e. The van der Waals surface area contributed by atoms with Crippen LogP contribution in [0, 0.1) is 13.8 Å². The van der Waals surface area contributed by atoms with Crippen molar-refractivity contribution >= 4 is 39.1 Å². The fourth-order valence-corrected chi connectivity index (χ4v) is 4.69. The lowest BCUT2D eigenvalue weighted by atomic mass is 10.1. The molecule has 0 spiro atoms. The molecule has 9 heteroatoms. The van der Waals surface area contributed by atoms with Gasteiger partial charge in [-0.15, -0.1) is 0 Å². The van der Waals surface area contributed by atoms with E-state index in [1.807, 2.05) is 45.0 Å². The number of rotatable bonds is 10. The summed E-state index contributed by atoms with van der Waals surface area (Å²) < 4.78 is 26.4. The van der Waals surface area contributed by atoms with Gasteiger partial charge in [0.25, 0.3) is 0 Å². The van der Waals surface area contributed by atoms with E-state index in [2.05, 4.69) is 5.32 Å². The summed E-state index contributed by atoms with van der Waals surface area (Å²) in [5.41, 5.74) is 2.87. The van der Waals surface area contributed by atoms with Gasteiger partial charge in [0.1, 0.15) is 12.6 Å². The van der Waals surface area contributed by atoms with Crippen molar-refractivity contribution in [3.05, 3.63) is 64.2 Å². The first-order chi connectivity index (χ1) is 15.5. The van der Waals surface area contributed by atoms with Crippen LogP contribution in [0.3, 0.4) is 0 Å². The molecule has 0 heterocycles. The number of carbonyl (C=O) groups is 2. The van der Waals surface area contributed by atoms with Gasteiger partial charge in [-0.3, -0.25) is 13.9 Å². The molecule has 2 aromatic carbocycles. The van der Waals surface area contributed by atoms with Crippen molar-refractivity contribution in [3.8, 4) is 0 Å². The molecule has 2 amide bonds. The minimum absolute atomic E-state index is 0.188. The van der Waals surface area contributed by atoms with Gasteiger partial charge in [-0.25, -0.2) is 8.42 Å². The molecule has 0 fully saturated rings. The third-order valence-corrected chi connectivity index (χ3v) is 6.82. The van der Waals surface area contributed by atoms with Gasteiger partial charge in [0.15, 0.2) is 0 Å². The Morgan fingerprint density at radius 1 is 1.06 bits per heavy atom. The highest BCUT2D eigenvalue weighted by molar-refractivity contribution is 7.92. The Bertz CT molecular complexity index is 1100. The predicted molar refractivity (Wildman–Crippen MR) is 133 cm³/mol. The van der Waals surface area contributed by atoms with Crippen LogP contribution >= 0.6 is 11.6 Å². The van der Waals surface area contributed by atoms with Crippen LogP contribution < -0.4 is 9.62 Å². The van der Waals surface area contributed by atoms with Gasteiger partial charge in [0.2, 0.25) is 21.8 Å². The predicted octanol–water partition coefficient (Wildman–Crippen LogP) is 3.67. The zero-order valence-electron chi connectivity index (χ0n) is 19.8. The molecule has 0 unspecified atom stereocenters. The second-order valence-electron chi connectivity index (χ2n) is 7.97. The van der Waals surface area contributed by atoms with Crippen molar-refractivity contribution in [1.29, 1.82) is 0 Å². The molecule has 0 radical (unpaired) electrons. The summed E-state index contributed by atoms with van der Waals surface area (Å²) in [4.78, 5) is 27.9. The Labute approximate surface area is 201 Å². The molecular weight excluding hydrogens is 462 g/mol. The number of sulfonamides is 1. The first-order valence-corrected chi connectivity index (χ1v) is 13.1. The van der Waals surface area contributed by atoms with Crippen LogP contribution in [0.2, 0.25) is 5.02 Å². The van der Waals surface area contributed by atoms with Crippen LogP contribution in [0.15, 0.2) is 42.5 Å². The van der Waals surface area contributed by atoms with E-state index in [4.69, 9.17) is 11.6 Å². The maximum atomic E-state index is 13.6. The van der Waals surface area contributed by atoms with Gasteiger partial charge in [0, 0.05) is 18.1 Å². The highest BCUT2D eigenvalue weighted by Gasteiger charge is 2.32. The number of anilines is 1. The van der Waals surface area contributed by atoms with E-state index >= 15 is 0 Å². The summed E-state index contributed by atoms with van der Waals surface area (Å²) in [6.45, 7) is 7.50. The van der Waals surface area contributed by atoms with Crippen molar-refractivity contribution in [2.24, 2.45) is 0 Å². The van der Waals surface area contributed by atoms with Crippen molar-refractivity contribution in [2.45, 2.75) is 46.7 Å². The van der Waals surface area contributed by atoms with Gasteiger partial charge in [-0.05, 0) is 56.0 Å². The fraction of sp³-hybridized carbons (Fsp3) is 0.417. The average Bonchev–Trinajstić information content (AvgIpc) is 2.74. The van der Waals surface area contributed by atoms with E-state index in [0.29, 0.717) is 29.2 Å². The SMILES string of the molecule is CCNC(=O)[C@H](CC)N(Cc1ccccc1C)C(=O)CN(c1cc(Cl)ccc1C)S(C)(=O)=O. The number of halogens is 1. The van der Waals surface area contributed by atoms with Crippen molar-refractivity contribution in [1.82, 2.24) is 10.2 Å².